The monoisotopic (exact) mass is 345 g/mol. The predicted molar refractivity (Wildman–Crippen MR) is 97.9 cm³/mol. The number of likely N-dealkylation sites (N-methyl/N-ethyl adjacent to an activating group) is 1. The third-order valence-corrected chi connectivity index (χ3v) is 5.84. The van der Waals surface area contributed by atoms with Crippen molar-refractivity contribution in [3.05, 3.63) is 24.3 Å². The number of likely N-dealkylation sites (tertiary alicyclic amines) is 2. The average Bonchev–Trinajstić information content (AvgIpc) is 2.96. The van der Waals surface area contributed by atoms with Crippen LogP contribution in [0.25, 0.3) is 0 Å². The van der Waals surface area contributed by atoms with Crippen LogP contribution in [-0.2, 0) is 11.3 Å². The van der Waals surface area contributed by atoms with E-state index < -0.39 is 0 Å². The number of piperidine rings is 1. The van der Waals surface area contributed by atoms with Crippen molar-refractivity contribution in [2.24, 2.45) is 5.41 Å². The lowest BCUT2D eigenvalue weighted by Gasteiger charge is -2.37. The number of hydrogen-bond acceptors (Lipinski definition) is 5. The van der Waals surface area contributed by atoms with Crippen LogP contribution in [0.3, 0.4) is 0 Å². The Morgan fingerprint density at radius 3 is 2.76 bits per heavy atom. The lowest BCUT2D eigenvalue weighted by Crippen LogP contribution is -2.44. The van der Waals surface area contributed by atoms with E-state index in [0.717, 1.165) is 44.7 Å². The first-order chi connectivity index (χ1) is 12.0. The predicted octanol–water partition coefficient (Wildman–Crippen LogP) is 1.63. The molecule has 0 bridgehead atoms. The fourth-order valence-electron chi connectivity index (χ4n) is 4.35. The van der Waals surface area contributed by atoms with E-state index in [2.05, 4.69) is 33.7 Å². The van der Waals surface area contributed by atoms with Gasteiger partial charge in [0, 0.05) is 26.0 Å². The van der Waals surface area contributed by atoms with Crippen molar-refractivity contribution in [3.8, 4) is 0 Å². The van der Waals surface area contributed by atoms with Crippen LogP contribution in [0.15, 0.2) is 18.6 Å². The molecule has 6 nitrogen and oxygen atoms in total. The minimum Gasteiger partial charge on any atom is -0.338 e. The van der Waals surface area contributed by atoms with Crippen LogP contribution in [0.5, 0.6) is 0 Å². The first-order valence-electron chi connectivity index (χ1n) is 9.45. The first-order valence-corrected chi connectivity index (χ1v) is 9.45. The van der Waals surface area contributed by atoms with Gasteiger partial charge in [0.05, 0.1) is 24.5 Å². The Morgan fingerprint density at radius 1 is 1.36 bits per heavy atom. The summed E-state index contributed by atoms with van der Waals surface area (Å²) in [6.45, 7) is 7.10. The Morgan fingerprint density at radius 2 is 2.12 bits per heavy atom. The summed E-state index contributed by atoms with van der Waals surface area (Å²) in [6, 6.07) is 0.0185. The van der Waals surface area contributed by atoms with E-state index in [4.69, 9.17) is 0 Å². The van der Waals surface area contributed by atoms with Crippen LogP contribution in [0.4, 0.5) is 0 Å². The maximum atomic E-state index is 13.2. The summed E-state index contributed by atoms with van der Waals surface area (Å²) in [5.74, 6) is 0.231. The van der Waals surface area contributed by atoms with E-state index >= 15 is 0 Å². The molecule has 2 fully saturated rings. The molecule has 0 radical (unpaired) electrons. The molecule has 2 aliphatic rings. The largest absolute Gasteiger partial charge is 0.338 e. The van der Waals surface area contributed by atoms with Gasteiger partial charge in [0.15, 0.2) is 0 Å². The number of carbonyl (C=O) groups is 1. The molecule has 1 spiro atoms. The van der Waals surface area contributed by atoms with E-state index in [1.54, 1.807) is 18.6 Å². The zero-order chi connectivity index (χ0) is 17.9. The third kappa shape index (κ3) is 4.18. The Kier molecular flexibility index (Phi) is 5.69. The second-order valence-electron chi connectivity index (χ2n) is 7.88. The van der Waals surface area contributed by atoms with E-state index in [9.17, 15) is 4.79 Å². The summed E-state index contributed by atoms with van der Waals surface area (Å²) in [6.07, 6.45) is 9.59. The zero-order valence-electron chi connectivity index (χ0n) is 15.8. The third-order valence-electron chi connectivity index (χ3n) is 5.84. The number of nitrogens with zero attached hydrogens (tertiary/aromatic N) is 5. The molecule has 0 aromatic carbocycles. The molecule has 0 N–H and O–H groups in total. The molecule has 1 amide bonds. The minimum atomic E-state index is 0.0185. The van der Waals surface area contributed by atoms with Crippen molar-refractivity contribution in [2.45, 2.75) is 45.2 Å². The van der Waals surface area contributed by atoms with Gasteiger partial charge in [-0.2, -0.15) is 0 Å². The molecular weight excluding hydrogens is 314 g/mol. The quantitative estimate of drug-likeness (QED) is 0.812. The van der Waals surface area contributed by atoms with E-state index in [1.165, 1.54) is 12.8 Å². The topological polar surface area (TPSA) is 52.6 Å². The zero-order valence-corrected chi connectivity index (χ0v) is 15.8. The second kappa shape index (κ2) is 7.79. The highest BCUT2D eigenvalue weighted by atomic mass is 16.2. The van der Waals surface area contributed by atoms with E-state index in [-0.39, 0.29) is 11.9 Å². The van der Waals surface area contributed by atoms with Crippen molar-refractivity contribution >= 4 is 5.91 Å². The molecule has 1 aromatic rings. The smallest absolute Gasteiger partial charge is 0.240 e. The van der Waals surface area contributed by atoms with Gasteiger partial charge in [-0.3, -0.25) is 19.7 Å². The molecule has 0 aliphatic carbocycles. The average molecular weight is 345 g/mol. The molecule has 0 unspecified atom stereocenters. The van der Waals surface area contributed by atoms with Gasteiger partial charge in [0.25, 0.3) is 0 Å². The maximum Gasteiger partial charge on any atom is 0.240 e. The van der Waals surface area contributed by atoms with Crippen LogP contribution >= 0.6 is 0 Å². The maximum absolute atomic E-state index is 13.2. The van der Waals surface area contributed by atoms with Gasteiger partial charge >= 0.3 is 0 Å². The molecule has 6 heteroatoms. The number of aromatic nitrogens is 2. The molecule has 25 heavy (non-hydrogen) atoms. The van der Waals surface area contributed by atoms with E-state index in [1.807, 2.05) is 11.9 Å². The highest BCUT2D eigenvalue weighted by Gasteiger charge is 2.47. The minimum absolute atomic E-state index is 0.0185. The number of carbonyl (C=O) groups excluding carboxylic acids is 1. The fraction of sp³-hybridized carbons (Fsp3) is 0.737. The van der Waals surface area contributed by atoms with Gasteiger partial charge in [0.2, 0.25) is 5.91 Å². The highest BCUT2D eigenvalue weighted by molar-refractivity contribution is 5.82. The molecule has 1 aromatic heterocycles. The summed E-state index contributed by atoms with van der Waals surface area (Å²) in [4.78, 5) is 28.2. The number of amides is 1. The summed E-state index contributed by atoms with van der Waals surface area (Å²) in [5, 5.41) is 0. The molecule has 1 atom stereocenters. The van der Waals surface area contributed by atoms with Crippen molar-refractivity contribution in [3.63, 3.8) is 0 Å². The van der Waals surface area contributed by atoms with Gasteiger partial charge in [-0.25, -0.2) is 0 Å². The molecule has 0 saturated carbocycles. The van der Waals surface area contributed by atoms with Gasteiger partial charge in [-0.05, 0) is 57.8 Å². The molecule has 138 valence electrons. The Labute approximate surface area is 151 Å². The van der Waals surface area contributed by atoms with Crippen LogP contribution in [0, 0.1) is 5.41 Å². The first kappa shape index (κ1) is 18.3. The summed E-state index contributed by atoms with van der Waals surface area (Å²) >= 11 is 0. The second-order valence-corrected chi connectivity index (χ2v) is 7.88. The van der Waals surface area contributed by atoms with Gasteiger partial charge in [-0.1, -0.05) is 6.92 Å². The van der Waals surface area contributed by atoms with E-state index in [0.29, 0.717) is 12.0 Å². The Hall–Kier alpha value is -1.53. The van der Waals surface area contributed by atoms with Crippen molar-refractivity contribution in [1.82, 2.24) is 24.7 Å². The lowest BCUT2D eigenvalue weighted by molar-refractivity contribution is -0.135. The molecular formula is C19H31N5O. The number of hydrogen-bond donors (Lipinski definition) is 0. The molecule has 2 saturated heterocycles. The molecule has 3 heterocycles. The van der Waals surface area contributed by atoms with Gasteiger partial charge in [-0.15, -0.1) is 0 Å². The normalized spacial score (nSPS) is 23.9. The molecule has 2 aliphatic heterocycles. The van der Waals surface area contributed by atoms with Crippen LogP contribution in [-0.4, -0.2) is 76.9 Å². The SMILES string of the molecule is CCCN1CC2(CCN(C)CC2)C[C@H]1C(=O)N(C)Cc1cnccn1. The van der Waals surface area contributed by atoms with Crippen molar-refractivity contribution in [1.29, 1.82) is 0 Å². The van der Waals surface area contributed by atoms with Gasteiger partial charge < -0.3 is 9.80 Å². The van der Waals surface area contributed by atoms with Crippen LogP contribution in [0.1, 0.15) is 38.3 Å². The number of rotatable bonds is 5. The lowest BCUT2D eigenvalue weighted by atomic mass is 9.76. The summed E-state index contributed by atoms with van der Waals surface area (Å²) < 4.78 is 0. The highest BCUT2D eigenvalue weighted by Crippen LogP contribution is 2.43. The van der Waals surface area contributed by atoms with Crippen LogP contribution in [0.2, 0.25) is 0 Å². The van der Waals surface area contributed by atoms with Gasteiger partial charge in [0.1, 0.15) is 0 Å². The summed E-state index contributed by atoms with van der Waals surface area (Å²) in [7, 11) is 4.09. The fourth-order valence-corrected chi connectivity index (χ4v) is 4.35. The van der Waals surface area contributed by atoms with Crippen molar-refractivity contribution in [2.75, 3.05) is 40.3 Å². The molecule has 3 rings (SSSR count). The van der Waals surface area contributed by atoms with Crippen LogP contribution < -0.4 is 0 Å². The van der Waals surface area contributed by atoms with Crippen molar-refractivity contribution < 1.29 is 4.79 Å². The standard InChI is InChI=1S/C19H31N5O/c1-4-9-24-15-19(5-10-22(2)11-6-19)12-17(24)18(25)23(3)14-16-13-20-7-8-21-16/h7-8,13,17H,4-6,9-12,14-15H2,1-3H3/t17-/m0/s1. The Bertz CT molecular complexity index is 570. The summed E-state index contributed by atoms with van der Waals surface area (Å²) in [5.41, 5.74) is 1.17. The Balaban J connectivity index is 1.68.